The minimum atomic E-state index is -0.0689. The zero-order chi connectivity index (χ0) is 15.1. The molecule has 0 radical (unpaired) electrons. The first-order chi connectivity index (χ1) is 10.2. The summed E-state index contributed by atoms with van der Waals surface area (Å²) in [6, 6.07) is 10.4. The lowest BCUT2D eigenvalue weighted by atomic mass is 10.0. The molecule has 1 saturated carbocycles. The lowest BCUT2D eigenvalue weighted by Gasteiger charge is -2.26. The number of halogens is 1. The van der Waals surface area contributed by atoms with E-state index in [1.165, 1.54) is 5.56 Å². The summed E-state index contributed by atoms with van der Waals surface area (Å²) >= 11 is 5.93. The summed E-state index contributed by atoms with van der Waals surface area (Å²) in [5.74, 6) is 0.544. The maximum Gasteiger partial charge on any atom is 0.306 e. The summed E-state index contributed by atoms with van der Waals surface area (Å²) in [4.78, 5) is 14.1. The molecule has 1 aromatic carbocycles. The molecule has 3 nitrogen and oxygen atoms in total. The van der Waals surface area contributed by atoms with Crippen LogP contribution < -0.4 is 0 Å². The van der Waals surface area contributed by atoms with Crippen molar-refractivity contribution in [2.24, 2.45) is 5.41 Å². The van der Waals surface area contributed by atoms with Crippen molar-refractivity contribution in [2.45, 2.75) is 32.7 Å². The number of ether oxygens (including phenoxy) is 1. The van der Waals surface area contributed by atoms with Gasteiger partial charge in [0.2, 0.25) is 0 Å². The molecule has 0 amide bonds. The van der Waals surface area contributed by atoms with Gasteiger partial charge in [-0.25, -0.2) is 0 Å². The molecule has 0 bridgehead atoms. The molecule has 0 aromatic heterocycles. The average molecular weight is 310 g/mol. The van der Waals surface area contributed by atoms with E-state index in [9.17, 15) is 4.79 Å². The van der Waals surface area contributed by atoms with Gasteiger partial charge in [0.15, 0.2) is 0 Å². The quantitative estimate of drug-likeness (QED) is 0.517. The fourth-order valence-corrected chi connectivity index (χ4v) is 2.97. The highest BCUT2D eigenvalue weighted by atomic mass is 35.5. The SMILES string of the molecule is CCOC(=O)CC1(CN(CCCl)Cc2ccccc2)CC1. The Kier molecular flexibility index (Phi) is 6.07. The Morgan fingerprint density at radius 1 is 1.33 bits per heavy atom. The van der Waals surface area contributed by atoms with Crippen LogP contribution in [-0.4, -0.2) is 36.4 Å². The van der Waals surface area contributed by atoms with E-state index in [2.05, 4.69) is 29.2 Å². The second-order valence-electron chi connectivity index (χ2n) is 5.87. The number of carbonyl (C=O) groups excluding carboxylic acids is 1. The molecular formula is C17H24ClNO2. The Bertz CT molecular complexity index is 445. The van der Waals surface area contributed by atoms with Gasteiger partial charge in [-0.05, 0) is 30.7 Å². The number of hydrogen-bond donors (Lipinski definition) is 0. The van der Waals surface area contributed by atoms with E-state index in [0.29, 0.717) is 18.9 Å². The van der Waals surface area contributed by atoms with E-state index < -0.39 is 0 Å². The Labute approximate surface area is 132 Å². The summed E-state index contributed by atoms with van der Waals surface area (Å²) in [5.41, 5.74) is 1.40. The Hall–Kier alpha value is -1.06. The number of rotatable bonds is 9. The first-order valence-electron chi connectivity index (χ1n) is 7.65. The Morgan fingerprint density at radius 2 is 2.05 bits per heavy atom. The molecule has 1 aliphatic carbocycles. The summed E-state index contributed by atoms with van der Waals surface area (Å²) < 4.78 is 5.09. The van der Waals surface area contributed by atoms with Crippen LogP contribution in [0.5, 0.6) is 0 Å². The van der Waals surface area contributed by atoms with Gasteiger partial charge in [-0.15, -0.1) is 11.6 Å². The normalized spacial score (nSPS) is 16.0. The zero-order valence-corrected chi connectivity index (χ0v) is 13.4. The third-order valence-corrected chi connectivity index (χ3v) is 4.16. The van der Waals surface area contributed by atoms with E-state index in [-0.39, 0.29) is 11.4 Å². The summed E-state index contributed by atoms with van der Waals surface area (Å²) in [6.45, 7) is 4.98. The lowest BCUT2D eigenvalue weighted by molar-refractivity contribution is -0.144. The largest absolute Gasteiger partial charge is 0.466 e. The Morgan fingerprint density at radius 3 is 2.62 bits per heavy atom. The maximum atomic E-state index is 11.7. The Balaban J connectivity index is 1.91. The van der Waals surface area contributed by atoms with Crippen LogP contribution in [-0.2, 0) is 16.1 Å². The first kappa shape index (κ1) is 16.3. The maximum absolute atomic E-state index is 11.7. The van der Waals surface area contributed by atoms with Crippen LogP contribution in [0.25, 0.3) is 0 Å². The molecule has 0 unspecified atom stereocenters. The average Bonchev–Trinajstić information content (AvgIpc) is 3.19. The highest BCUT2D eigenvalue weighted by Gasteiger charge is 2.45. The number of alkyl halides is 1. The molecule has 4 heteroatoms. The summed E-state index contributed by atoms with van der Waals surface area (Å²) in [6.07, 6.45) is 2.76. The van der Waals surface area contributed by atoms with E-state index in [1.807, 2.05) is 13.0 Å². The third-order valence-electron chi connectivity index (χ3n) is 3.99. The molecule has 1 fully saturated rings. The van der Waals surface area contributed by atoms with Crippen LogP contribution in [0, 0.1) is 5.41 Å². The van der Waals surface area contributed by atoms with Crippen LogP contribution in [0.15, 0.2) is 30.3 Å². The van der Waals surface area contributed by atoms with Gasteiger partial charge in [0.25, 0.3) is 0 Å². The van der Waals surface area contributed by atoms with Crippen molar-refractivity contribution in [3.05, 3.63) is 35.9 Å². The van der Waals surface area contributed by atoms with E-state index in [0.717, 1.165) is 32.5 Å². The molecule has 0 aliphatic heterocycles. The van der Waals surface area contributed by atoms with Gasteiger partial charge in [0, 0.05) is 25.5 Å². The van der Waals surface area contributed by atoms with Crippen LogP contribution >= 0.6 is 11.6 Å². The van der Waals surface area contributed by atoms with Gasteiger partial charge in [-0.2, -0.15) is 0 Å². The second kappa shape index (κ2) is 7.81. The van der Waals surface area contributed by atoms with Gasteiger partial charge in [0.1, 0.15) is 0 Å². The predicted molar refractivity (Wildman–Crippen MR) is 85.4 cm³/mol. The second-order valence-corrected chi connectivity index (χ2v) is 6.24. The minimum Gasteiger partial charge on any atom is -0.466 e. The highest BCUT2D eigenvalue weighted by Crippen LogP contribution is 2.49. The summed E-state index contributed by atoms with van der Waals surface area (Å²) in [7, 11) is 0. The van der Waals surface area contributed by atoms with Crippen molar-refractivity contribution in [3.8, 4) is 0 Å². The van der Waals surface area contributed by atoms with Crippen LogP contribution in [0.1, 0.15) is 31.7 Å². The molecule has 0 spiro atoms. The molecule has 0 atom stereocenters. The van der Waals surface area contributed by atoms with Gasteiger partial charge in [0.05, 0.1) is 13.0 Å². The molecule has 0 heterocycles. The van der Waals surface area contributed by atoms with Crippen molar-refractivity contribution in [2.75, 3.05) is 25.6 Å². The topological polar surface area (TPSA) is 29.5 Å². The number of carbonyl (C=O) groups is 1. The first-order valence-corrected chi connectivity index (χ1v) is 8.19. The lowest BCUT2D eigenvalue weighted by Crippen LogP contribution is -2.33. The molecule has 1 aliphatic rings. The minimum absolute atomic E-state index is 0.0689. The van der Waals surface area contributed by atoms with Gasteiger partial charge < -0.3 is 4.74 Å². The van der Waals surface area contributed by atoms with Crippen molar-refractivity contribution in [1.82, 2.24) is 4.90 Å². The fourth-order valence-electron chi connectivity index (χ4n) is 2.74. The monoisotopic (exact) mass is 309 g/mol. The van der Waals surface area contributed by atoms with Crippen molar-refractivity contribution < 1.29 is 9.53 Å². The number of hydrogen-bond acceptors (Lipinski definition) is 3. The van der Waals surface area contributed by atoms with Gasteiger partial charge in [-0.3, -0.25) is 9.69 Å². The molecule has 2 rings (SSSR count). The van der Waals surface area contributed by atoms with Crippen molar-refractivity contribution in [1.29, 1.82) is 0 Å². The highest BCUT2D eigenvalue weighted by molar-refractivity contribution is 6.18. The van der Waals surface area contributed by atoms with E-state index >= 15 is 0 Å². The summed E-state index contributed by atoms with van der Waals surface area (Å²) in [5, 5.41) is 0. The van der Waals surface area contributed by atoms with Crippen molar-refractivity contribution in [3.63, 3.8) is 0 Å². The van der Waals surface area contributed by atoms with E-state index in [4.69, 9.17) is 16.3 Å². The molecule has 0 saturated heterocycles. The fraction of sp³-hybridized carbons (Fsp3) is 0.588. The third kappa shape index (κ3) is 5.33. The van der Waals surface area contributed by atoms with Gasteiger partial charge >= 0.3 is 5.97 Å². The van der Waals surface area contributed by atoms with Crippen molar-refractivity contribution >= 4 is 17.6 Å². The zero-order valence-electron chi connectivity index (χ0n) is 12.7. The van der Waals surface area contributed by atoms with Crippen LogP contribution in [0.3, 0.4) is 0 Å². The van der Waals surface area contributed by atoms with Crippen LogP contribution in [0.4, 0.5) is 0 Å². The van der Waals surface area contributed by atoms with Crippen LogP contribution in [0.2, 0.25) is 0 Å². The molecule has 21 heavy (non-hydrogen) atoms. The number of benzene rings is 1. The molecule has 0 N–H and O–H groups in total. The molecule has 116 valence electrons. The molecule has 1 aromatic rings. The number of nitrogens with zero attached hydrogens (tertiary/aromatic N) is 1. The van der Waals surface area contributed by atoms with Gasteiger partial charge in [-0.1, -0.05) is 30.3 Å². The number of esters is 1. The van der Waals surface area contributed by atoms with E-state index in [1.54, 1.807) is 0 Å². The standard InChI is InChI=1S/C17H24ClNO2/c1-2-21-16(20)12-17(8-9-17)14-19(11-10-18)13-15-6-4-3-5-7-15/h3-7H,2,8-14H2,1H3. The smallest absolute Gasteiger partial charge is 0.306 e. The molecular weight excluding hydrogens is 286 g/mol. The predicted octanol–water partition coefficient (Wildman–Crippen LogP) is 3.46.